The van der Waals surface area contributed by atoms with E-state index in [4.69, 9.17) is 25.8 Å². The third kappa shape index (κ3) is 7.57. The Hall–Kier alpha value is -3.95. The number of carbonyl (C=O) groups is 2. The molecule has 3 aromatic carbocycles. The molecular weight excluding hydrogens is 580 g/mol. The van der Waals surface area contributed by atoms with Gasteiger partial charge in [0.1, 0.15) is 17.6 Å². The van der Waals surface area contributed by atoms with Gasteiger partial charge in [-0.15, -0.1) is 0 Å². The summed E-state index contributed by atoms with van der Waals surface area (Å²) >= 11 is 6.54. The Morgan fingerprint density at radius 1 is 0.886 bits per heavy atom. The number of carbonyl (C=O) groups excluding carboxylic acids is 2. The number of anilines is 2. The van der Waals surface area contributed by atoms with Crippen molar-refractivity contribution in [3.8, 4) is 23.0 Å². The lowest BCUT2D eigenvalue weighted by molar-refractivity contribution is 0.0662. The molecule has 2 fully saturated rings. The van der Waals surface area contributed by atoms with Crippen molar-refractivity contribution in [2.75, 3.05) is 24.8 Å². The molecule has 2 aliphatic heterocycles. The number of methoxy groups -OCH3 is 1. The van der Waals surface area contributed by atoms with E-state index >= 15 is 0 Å². The highest BCUT2D eigenvalue weighted by atomic mass is 35.5. The number of urea groups is 1. The lowest BCUT2D eigenvalue weighted by atomic mass is 10.0. The number of nitrogens with one attached hydrogen (secondary N) is 3. The number of benzene rings is 3. The van der Waals surface area contributed by atoms with Crippen LogP contribution >= 0.6 is 11.6 Å². The second-order valence-corrected chi connectivity index (χ2v) is 11.9. The molecule has 0 saturated carbocycles. The van der Waals surface area contributed by atoms with Gasteiger partial charge in [0, 0.05) is 41.1 Å². The minimum Gasteiger partial charge on any atom is -0.493 e. The molecule has 44 heavy (non-hydrogen) atoms. The fourth-order valence-corrected chi connectivity index (χ4v) is 6.21. The number of rotatable bonds is 11. The van der Waals surface area contributed by atoms with Gasteiger partial charge in [-0.3, -0.25) is 4.79 Å². The minimum atomic E-state index is -0.276. The van der Waals surface area contributed by atoms with Crippen molar-refractivity contribution in [2.45, 2.75) is 76.6 Å². The van der Waals surface area contributed by atoms with Crippen LogP contribution in [0, 0.1) is 0 Å². The van der Waals surface area contributed by atoms with Gasteiger partial charge in [0.15, 0.2) is 11.5 Å². The zero-order valence-electron chi connectivity index (χ0n) is 25.7. The van der Waals surface area contributed by atoms with Crippen molar-refractivity contribution < 1.29 is 23.8 Å². The highest BCUT2D eigenvalue weighted by molar-refractivity contribution is 6.32. The monoisotopic (exact) mass is 620 g/mol. The van der Waals surface area contributed by atoms with Crippen molar-refractivity contribution in [1.82, 2.24) is 10.2 Å². The molecular formula is C34H41ClN4O5. The summed E-state index contributed by atoms with van der Waals surface area (Å²) in [5.41, 5.74) is 1.64. The number of halogens is 1. The molecule has 2 atom stereocenters. The molecule has 5 rings (SSSR count). The first kappa shape index (κ1) is 31.5. The molecule has 3 aromatic rings. The molecule has 0 aromatic heterocycles. The Bertz CT molecular complexity index is 1450. The van der Waals surface area contributed by atoms with E-state index in [2.05, 4.69) is 27.9 Å². The summed E-state index contributed by atoms with van der Waals surface area (Å²) in [5.74, 6) is 1.85. The fourth-order valence-electron chi connectivity index (χ4n) is 5.99. The molecule has 3 amide bonds. The van der Waals surface area contributed by atoms with Gasteiger partial charge >= 0.3 is 6.03 Å². The van der Waals surface area contributed by atoms with Crippen molar-refractivity contribution >= 4 is 34.9 Å². The summed E-state index contributed by atoms with van der Waals surface area (Å²) in [6.45, 7) is 4.07. The summed E-state index contributed by atoms with van der Waals surface area (Å²) in [5, 5.41) is 9.11. The SMILES string of the molecule is CCC(CC)NC(=O)Nc1ccc(Oc2ccc(NC(=O)c3ccc(OC4CC5CCC(C4)N5C)c(Cl)c3)cc2)c(OC)c1. The highest BCUT2D eigenvalue weighted by Gasteiger charge is 2.39. The number of amides is 3. The lowest BCUT2D eigenvalue weighted by Crippen LogP contribution is -2.43. The summed E-state index contributed by atoms with van der Waals surface area (Å²) in [7, 11) is 3.74. The molecule has 3 N–H and O–H groups in total. The lowest BCUT2D eigenvalue weighted by Gasteiger charge is -2.36. The summed E-state index contributed by atoms with van der Waals surface area (Å²) < 4.78 is 17.8. The molecule has 2 saturated heterocycles. The second kappa shape index (κ2) is 14.2. The number of ether oxygens (including phenoxy) is 3. The van der Waals surface area contributed by atoms with Crippen LogP contribution in [0.1, 0.15) is 62.7 Å². The van der Waals surface area contributed by atoms with Crippen LogP contribution in [0.2, 0.25) is 5.02 Å². The number of nitrogens with zero attached hydrogens (tertiary/aromatic N) is 1. The van der Waals surface area contributed by atoms with Crippen LogP contribution in [0.4, 0.5) is 16.2 Å². The van der Waals surface area contributed by atoms with E-state index in [-0.39, 0.29) is 24.1 Å². The van der Waals surface area contributed by atoms with E-state index in [1.54, 1.807) is 60.7 Å². The van der Waals surface area contributed by atoms with E-state index in [1.165, 1.54) is 20.0 Å². The van der Waals surface area contributed by atoms with Crippen molar-refractivity contribution in [3.63, 3.8) is 0 Å². The number of hydrogen-bond acceptors (Lipinski definition) is 6. The van der Waals surface area contributed by atoms with Crippen LogP contribution in [-0.2, 0) is 0 Å². The Morgan fingerprint density at radius 2 is 1.55 bits per heavy atom. The van der Waals surface area contributed by atoms with E-state index < -0.39 is 0 Å². The fraction of sp³-hybridized carbons (Fsp3) is 0.412. The van der Waals surface area contributed by atoms with Crippen molar-refractivity contribution in [2.24, 2.45) is 0 Å². The molecule has 2 bridgehead atoms. The summed E-state index contributed by atoms with van der Waals surface area (Å²) in [6, 6.07) is 18.4. The van der Waals surface area contributed by atoms with Crippen LogP contribution in [0.15, 0.2) is 60.7 Å². The molecule has 10 heteroatoms. The highest BCUT2D eigenvalue weighted by Crippen LogP contribution is 2.38. The third-order valence-corrected chi connectivity index (χ3v) is 8.92. The smallest absolute Gasteiger partial charge is 0.319 e. The predicted molar refractivity (Wildman–Crippen MR) is 174 cm³/mol. The average Bonchev–Trinajstić information content (AvgIpc) is 3.21. The number of hydrogen-bond donors (Lipinski definition) is 3. The number of fused-ring (bicyclic) bond motifs is 2. The van der Waals surface area contributed by atoms with Crippen LogP contribution in [0.5, 0.6) is 23.0 Å². The zero-order valence-corrected chi connectivity index (χ0v) is 26.4. The second-order valence-electron chi connectivity index (χ2n) is 11.5. The predicted octanol–water partition coefficient (Wildman–Crippen LogP) is 7.71. The molecule has 234 valence electrons. The van der Waals surface area contributed by atoms with Crippen molar-refractivity contribution in [1.29, 1.82) is 0 Å². The first-order valence-corrected chi connectivity index (χ1v) is 15.7. The Kier molecular flexibility index (Phi) is 10.2. The first-order chi connectivity index (χ1) is 21.3. The Morgan fingerprint density at radius 3 is 2.18 bits per heavy atom. The molecule has 2 heterocycles. The van der Waals surface area contributed by atoms with E-state index in [9.17, 15) is 9.59 Å². The van der Waals surface area contributed by atoms with Crippen molar-refractivity contribution in [3.05, 3.63) is 71.2 Å². The molecule has 0 radical (unpaired) electrons. The molecule has 0 aliphatic carbocycles. The van der Waals surface area contributed by atoms with Gasteiger partial charge < -0.3 is 35.1 Å². The maximum absolute atomic E-state index is 13.0. The minimum absolute atomic E-state index is 0.120. The van der Waals surface area contributed by atoms with E-state index in [0.717, 1.165) is 25.7 Å². The Labute approximate surface area is 264 Å². The molecule has 9 nitrogen and oxygen atoms in total. The van der Waals surface area contributed by atoms with E-state index in [1.807, 2.05) is 13.8 Å². The topological polar surface area (TPSA) is 101 Å². The zero-order chi connectivity index (χ0) is 31.2. The van der Waals surface area contributed by atoms with Gasteiger partial charge in [0.25, 0.3) is 5.91 Å². The van der Waals surface area contributed by atoms with Gasteiger partial charge in [-0.25, -0.2) is 4.79 Å². The summed E-state index contributed by atoms with van der Waals surface area (Å²) in [4.78, 5) is 27.7. The van der Waals surface area contributed by atoms with Gasteiger partial charge in [-0.2, -0.15) is 0 Å². The third-order valence-electron chi connectivity index (χ3n) is 8.62. The normalized spacial score (nSPS) is 19.4. The van der Waals surface area contributed by atoms with Gasteiger partial charge in [0.2, 0.25) is 0 Å². The quantitative estimate of drug-likeness (QED) is 0.203. The number of piperidine rings is 1. The van der Waals surface area contributed by atoms with Crippen LogP contribution in [0.3, 0.4) is 0 Å². The van der Waals surface area contributed by atoms with Crippen LogP contribution in [-0.4, -0.2) is 55.2 Å². The van der Waals surface area contributed by atoms with E-state index in [0.29, 0.717) is 57.0 Å². The van der Waals surface area contributed by atoms with Gasteiger partial charge in [-0.1, -0.05) is 25.4 Å². The van der Waals surface area contributed by atoms with Gasteiger partial charge in [-0.05, 0) is 100 Å². The molecule has 2 aliphatic rings. The van der Waals surface area contributed by atoms with Crippen LogP contribution in [0.25, 0.3) is 0 Å². The maximum atomic E-state index is 13.0. The molecule has 2 unspecified atom stereocenters. The van der Waals surface area contributed by atoms with Crippen LogP contribution < -0.4 is 30.2 Å². The first-order valence-electron chi connectivity index (χ1n) is 15.3. The largest absolute Gasteiger partial charge is 0.493 e. The van der Waals surface area contributed by atoms with Gasteiger partial charge in [0.05, 0.1) is 12.1 Å². The Balaban J connectivity index is 1.15. The average molecular weight is 621 g/mol. The summed E-state index contributed by atoms with van der Waals surface area (Å²) in [6.07, 6.45) is 6.30. The molecule has 0 spiro atoms. The standard InChI is InChI=1S/C34H41ClN4O5/c1-5-22(6-2)37-34(41)38-24-10-16-31(32(18-24)42-4)43-27-13-8-23(9-14-27)36-33(40)21-7-15-30(29(35)17-21)44-28-19-25-11-12-26(20-28)39(25)3/h7-10,13-18,22,25-26,28H,5-6,11-12,19-20H2,1-4H3,(H,36,40)(H2,37,38,41). The maximum Gasteiger partial charge on any atom is 0.319 e.